The summed E-state index contributed by atoms with van der Waals surface area (Å²) in [7, 11) is 0. The average Bonchev–Trinajstić information content (AvgIpc) is 3.04. The van der Waals surface area contributed by atoms with E-state index in [1.807, 2.05) is 13.8 Å². The van der Waals surface area contributed by atoms with E-state index in [4.69, 9.17) is 4.74 Å². The smallest absolute Gasteiger partial charge is 0.252 e. The van der Waals surface area contributed by atoms with Crippen molar-refractivity contribution in [3.8, 4) is 11.1 Å². The van der Waals surface area contributed by atoms with E-state index in [1.54, 1.807) is 24.3 Å². The molecule has 2 aromatic carbocycles. The number of rotatable bonds is 7. The first-order valence-corrected chi connectivity index (χ1v) is 11.9. The summed E-state index contributed by atoms with van der Waals surface area (Å²) < 4.78 is 53.4. The van der Waals surface area contributed by atoms with Crippen molar-refractivity contribution in [3.05, 3.63) is 59.2 Å². The van der Waals surface area contributed by atoms with Gasteiger partial charge in [0.15, 0.2) is 0 Å². The summed E-state index contributed by atoms with van der Waals surface area (Å²) in [4.78, 5) is 14.4. The molecule has 4 rings (SSSR count). The molecule has 172 valence electrons. The van der Waals surface area contributed by atoms with Crippen LogP contribution in [0.25, 0.3) is 11.1 Å². The summed E-state index contributed by atoms with van der Waals surface area (Å²) in [5, 5.41) is 0. The summed E-state index contributed by atoms with van der Waals surface area (Å²) in [6.07, 6.45) is -1.10. The number of likely N-dealkylation sites (tertiary alicyclic amines) is 1. The van der Waals surface area contributed by atoms with E-state index in [2.05, 4.69) is 4.72 Å². The van der Waals surface area contributed by atoms with Crippen LogP contribution in [0.5, 0.6) is 0 Å². The molecule has 0 radical (unpaired) electrons. The molecule has 2 aliphatic rings. The maximum Gasteiger partial charge on any atom is 0.252 e. The Bertz CT molecular complexity index is 986. The topological polar surface area (TPSA) is 41.6 Å². The molecule has 0 bridgehead atoms. The second-order valence-electron chi connectivity index (χ2n) is 8.26. The Kier molecular flexibility index (Phi) is 7.12. The van der Waals surface area contributed by atoms with Gasteiger partial charge < -0.3 is 9.64 Å². The molecular weight excluding hydrogens is 437 g/mol. The van der Waals surface area contributed by atoms with E-state index < -0.39 is 36.0 Å². The maximum absolute atomic E-state index is 15.5. The van der Waals surface area contributed by atoms with Crippen LogP contribution < -0.4 is 4.72 Å². The van der Waals surface area contributed by atoms with Crippen LogP contribution in [0, 0.1) is 18.6 Å². The molecule has 1 amide bonds. The van der Waals surface area contributed by atoms with Crippen LogP contribution in [0.1, 0.15) is 24.5 Å². The second-order valence-corrected chi connectivity index (χ2v) is 9.37. The summed E-state index contributed by atoms with van der Waals surface area (Å²) in [6.45, 7) is 4.22. The number of halogens is 3. The van der Waals surface area contributed by atoms with Crippen LogP contribution in [-0.2, 0) is 16.0 Å². The highest BCUT2D eigenvalue weighted by atomic mass is 32.2. The molecule has 4 atom stereocenters. The van der Waals surface area contributed by atoms with E-state index in [-0.39, 0.29) is 30.0 Å². The number of carbonyl (C=O) groups is 1. The van der Waals surface area contributed by atoms with Gasteiger partial charge in [-0.15, -0.1) is 0 Å². The fraction of sp³-hybridized carbons (Fsp3) is 0.458. The van der Waals surface area contributed by atoms with Crippen molar-refractivity contribution in [2.45, 2.75) is 51.0 Å². The largest absolute Gasteiger partial charge is 0.368 e. The number of aryl methyl sites for hydroxylation is 1. The van der Waals surface area contributed by atoms with Crippen LogP contribution in [0.4, 0.5) is 13.2 Å². The second kappa shape index (κ2) is 9.85. The van der Waals surface area contributed by atoms with Crippen molar-refractivity contribution in [2.24, 2.45) is 0 Å². The number of amides is 1. The van der Waals surface area contributed by atoms with Crippen LogP contribution in [0.15, 0.2) is 36.4 Å². The average molecular weight is 465 g/mol. The van der Waals surface area contributed by atoms with E-state index in [1.165, 1.54) is 29.0 Å². The lowest BCUT2D eigenvalue weighted by Gasteiger charge is -2.34. The van der Waals surface area contributed by atoms with Crippen LogP contribution >= 0.6 is 11.9 Å². The number of carbonyl (C=O) groups excluding carboxylic acids is 1. The first-order valence-electron chi connectivity index (χ1n) is 10.9. The van der Waals surface area contributed by atoms with Gasteiger partial charge >= 0.3 is 0 Å². The van der Waals surface area contributed by atoms with Crippen molar-refractivity contribution in [3.63, 3.8) is 0 Å². The van der Waals surface area contributed by atoms with Gasteiger partial charge in [0.05, 0.1) is 25.2 Å². The quantitative estimate of drug-likeness (QED) is 0.615. The molecule has 0 aromatic heterocycles. The zero-order valence-corrected chi connectivity index (χ0v) is 18.9. The molecule has 2 heterocycles. The SMILES string of the molecule is CCSN[C@H]1[C@@H](F)CN(C(=O)C2CCO2)[C@H]1Cc1cccc(-c2cc(C)ccc2F)c1F. The minimum atomic E-state index is -1.27. The van der Waals surface area contributed by atoms with Gasteiger partial charge in [0.2, 0.25) is 0 Å². The zero-order valence-electron chi connectivity index (χ0n) is 18.1. The monoisotopic (exact) mass is 464 g/mol. The third kappa shape index (κ3) is 4.54. The predicted molar refractivity (Wildman–Crippen MR) is 120 cm³/mol. The van der Waals surface area contributed by atoms with Crippen LogP contribution in [-0.4, -0.2) is 54.1 Å². The Labute approximate surface area is 190 Å². The molecule has 0 aliphatic carbocycles. The maximum atomic E-state index is 15.5. The van der Waals surface area contributed by atoms with Gasteiger partial charge in [-0.3, -0.25) is 9.52 Å². The minimum Gasteiger partial charge on any atom is -0.368 e. The Morgan fingerprint density at radius 1 is 1.25 bits per heavy atom. The van der Waals surface area contributed by atoms with Gasteiger partial charge in [-0.1, -0.05) is 48.7 Å². The standard InChI is InChI=1S/C24H27F3N2O2S/c1-3-32-28-23-19(26)13-29(24(30)21-9-10-31-21)20(23)12-15-5-4-6-16(22(15)27)17-11-14(2)7-8-18(17)25/h4-8,11,19-21,23,28H,3,9-10,12-13H2,1-2H3/t19-,20-,21?,23-/m0/s1. The van der Waals surface area contributed by atoms with E-state index >= 15 is 4.39 Å². The molecule has 2 aromatic rings. The van der Waals surface area contributed by atoms with Gasteiger partial charge in [0.25, 0.3) is 5.91 Å². The van der Waals surface area contributed by atoms with Crippen LogP contribution in [0.3, 0.4) is 0 Å². The van der Waals surface area contributed by atoms with Crippen LogP contribution in [0.2, 0.25) is 0 Å². The predicted octanol–water partition coefficient (Wildman–Crippen LogP) is 4.45. The highest BCUT2D eigenvalue weighted by Gasteiger charge is 2.47. The number of alkyl halides is 1. The Balaban J connectivity index is 1.66. The first kappa shape index (κ1) is 23.1. The highest BCUT2D eigenvalue weighted by molar-refractivity contribution is 7.97. The number of nitrogens with one attached hydrogen (secondary N) is 1. The van der Waals surface area contributed by atoms with Crippen molar-refractivity contribution in [2.75, 3.05) is 18.9 Å². The third-order valence-corrected chi connectivity index (χ3v) is 6.84. The molecular formula is C24H27F3N2O2S. The summed E-state index contributed by atoms with van der Waals surface area (Å²) in [6, 6.07) is 8.17. The lowest BCUT2D eigenvalue weighted by molar-refractivity contribution is -0.157. The Morgan fingerprint density at radius 2 is 2.03 bits per heavy atom. The Morgan fingerprint density at radius 3 is 2.72 bits per heavy atom. The zero-order chi connectivity index (χ0) is 22.8. The summed E-state index contributed by atoms with van der Waals surface area (Å²) in [5.74, 6) is -0.579. The fourth-order valence-corrected chi connectivity index (χ4v) is 4.99. The number of hydrogen-bond acceptors (Lipinski definition) is 4. The van der Waals surface area contributed by atoms with E-state index in [9.17, 15) is 13.6 Å². The van der Waals surface area contributed by atoms with Gasteiger partial charge in [-0.25, -0.2) is 13.2 Å². The van der Waals surface area contributed by atoms with Crippen molar-refractivity contribution < 1.29 is 22.7 Å². The highest BCUT2D eigenvalue weighted by Crippen LogP contribution is 2.32. The number of benzene rings is 2. The lowest BCUT2D eigenvalue weighted by Crippen LogP contribution is -2.51. The summed E-state index contributed by atoms with van der Waals surface area (Å²) in [5.41, 5.74) is 1.49. The molecule has 2 aliphatic heterocycles. The van der Waals surface area contributed by atoms with E-state index in [0.29, 0.717) is 18.6 Å². The number of ether oxygens (including phenoxy) is 1. The van der Waals surface area contributed by atoms with Crippen molar-refractivity contribution in [1.29, 1.82) is 0 Å². The fourth-order valence-electron chi connectivity index (χ4n) is 4.33. The van der Waals surface area contributed by atoms with Gasteiger partial charge in [0.1, 0.15) is 23.9 Å². The molecule has 1 N–H and O–H groups in total. The minimum absolute atomic E-state index is 0.0564. The van der Waals surface area contributed by atoms with Gasteiger partial charge in [0, 0.05) is 23.3 Å². The van der Waals surface area contributed by atoms with Crippen molar-refractivity contribution >= 4 is 17.9 Å². The van der Waals surface area contributed by atoms with Gasteiger partial charge in [-0.05, 0) is 31.0 Å². The molecule has 32 heavy (non-hydrogen) atoms. The third-order valence-electron chi connectivity index (χ3n) is 6.12. The van der Waals surface area contributed by atoms with E-state index in [0.717, 1.165) is 11.3 Å². The molecule has 2 fully saturated rings. The first-order chi connectivity index (χ1) is 15.4. The molecule has 0 spiro atoms. The molecule has 2 saturated heterocycles. The number of hydrogen-bond donors (Lipinski definition) is 1. The molecule has 4 nitrogen and oxygen atoms in total. The molecule has 8 heteroatoms. The van der Waals surface area contributed by atoms with Crippen molar-refractivity contribution in [1.82, 2.24) is 9.62 Å². The van der Waals surface area contributed by atoms with Gasteiger partial charge in [-0.2, -0.15) is 0 Å². The summed E-state index contributed by atoms with van der Waals surface area (Å²) >= 11 is 1.37. The molecule has 1 unspecified atom stereocenters. The molecule has 0 saturated carbocycles. The normalized spacial score (nSPS) is 25.1. The Hall–Kier alpha value is -2.03. The lowest BCUT2D eigenvalue weighted by atomic mass is 9.94. The number of nitrogens with zero attached hydrogens (tertiary/aromatic N) is 1.